The molecule has 0 saturated carbocycles. The minimum absolute atomic E-state index is 0.271. The zero-order chi connectivity index (χ0) is 13.1. The molecule has 0 unspecified atom stereocenters. The fourth-order valence-electron chi connectivity index (χ4n) is 1.41. The van der Waals surface area contributed by atoms with Gasteiger partial charge in [0.25, 0.3) is 0 Å². The zero-order valence-electron chi connectivity index (χ0n) is 9.19. The smallest absolute Gasteiger partial charge is 0.141 e. The molecule has 0 bridgehead atoms. The molecule has 0 amide bonds. The molecule has 92 valence electrons. The van der Waals surface area contributed by atoms with Gasteiger partial charge in [0.1, 0.15) is 16.5 Å². The van der Waals surface area contributed by atoms with Gasteiger partial charge in [0.05, 0.1) is 9.50 Å². The Kier molecular flexibility index (Phi) is 4.22. The fraction of sp³-hybridized carbons (Fsp3) is 0. The lowest BCUT2D eigenvalue weighted by Crippen LogP contribution is -2.09. The Bertz CT molecular complexity index is 603. The molecule has 0 heterocycles. The lowest BCUT2D eigenvalue weighted by molar-refractivity contribution is 0.479. The van der Waals surface area contributed by atoms with Crippen LogP contribution < -0.4 is 10.5 Å². The Morgan fingerprint density at radius 3 is 2.56 bits per heavy atom. The van der Waals surface area contributed by atoms with E-state index in [1.165, 1.54) is 0 Å². The number of nitrogens with two attached hydrogens (primary N) is 1. The average molecular weight is 343 g/mol. The number of benzene rings is 2. The molecule has 2 aromatic carbocycles. The molecule has 2 N–H and O–H groups in total. The number of hydrogen-bond donors (Lipinski definition) is 1. The van der Waals surface area contributed by atoms with Gasteiger partial charge in [0.15, 0.2) is 0 Å². The van der Waals surface area contributed by atoms with E-state index in [1.807, 2.05) is 24.3 Å². The molecule has 18 heavy (non-hydrogen) atoms. The summed E-state index contributed by atoms with van der Waals surface area (Å²) in [6, 6.07) is 12.8. The largest absolute Gasteiger partial charge is 0.456 e. The minimum Gasteiger partial charge on any atom is -0.456 e. The molecule has 0 atom stereocenters. The van der Waals surface area contributed by atoms with E-state index >= 15 is 0 Å². The highest BCUT2D eigenvalue weighted by Crippen LogP contribution is 2.31. The van der Waals surface area contributed by atoms with Gasteiger partial charge < -0.3 is 10.5 Å². The van der Waals surface area contributed by atoms with E-state index in [4.69, 9.17) is 34.3 Å². The predicted molar refractivity (Wildman–Crippen MR) is 81.6 cm³/mol. The second-order valence-corrected chi connectivity index (χ2v) is 5.24. The van der Waals surface area contributed by atoms with Crippen LogP contribution in [0, 0.1) is 0 Å². The first-order valence-electron chi connectivity index (χ1n) is 5.09. The molecular formula is C13H9BrClNOS. The molecule has 2 nitrogen and oxygen atoms in total. The predicted octanol–water partition coefficient (Wildman–Crippen LogP) is 4.53. The standard InChI is InChI=1S/C13H9BrClNOS/c14-10-3-1-2-4-12(10)17-8-5-6-9(13(16)18)11(15)7-8/h1-7H,(H2,16,18). The van der Waals surface area contributed by atoms with E-state index < -0.39 is 0 Å². The summed E-state index contributed by atoms with van der Waals surface area (Å²) in [4.78, 5) is 0.271. The van der Waals surface area contributed by atoms with Crippen LogP contribution in [0.25, 0.3) is 0 Å². The molecule has 0 aromatic heterocycles. The van der Waals surface area contributed by atoms with Gasteiger partial charge in [0.2, 0.25) is 0 Å². The van der Waals surface area contributed by atoms with Gasteiger partial charge in [-0.25, -0.2) is 0 Å². The molecule has 0 saturated heterocycles. The van der Waals surface area contributed by atoms with Gasteiger partial charge in [-0.15, -0.1) is 0 Å². The quantitative estimate of drug-likeness (QED) is 0.832. The van der Waals surface area contributed by atoms with E-state index in [-0.39, 0.29) is 4.99 Å². The normalized spacial score (nSPS) is 10.1. The van der Waals surface area contributed by atoms with Crippen molar-refractivity contribution in [3.8, 4) is 11.5 Å². The van der Waals surface area contributed by atoms with Gasteiger partial charge in [-0.3, -0.25) is 0 Å². The van der Waals surface area contributed by atoms with Gasteiger partial charge in [-0.2, -0.15) is 0 Å². The average Bonchev–Trinajstić information content (AvgIpc) is 2.32. The van der Waals surface area contributed by atoms with Crippen molar-refractivity contribution in [2.75, 3.05) is 0 Å². The summed E-state index contributed by atoms with van der Waals surface area (Å²) in [7, 11) is 0. The highest BCUT2D eigenvalue weighted by Gasteiger charge is 2.07. The maximum absolute atomic E-state index is 6.07. The summed E-state index contributed by atoms with van der Waals surface area (Å²) < 4.78 is 6.58. The SMILES string of the molecule is NC(=S)c1ccc(Oc2ccccc2Br)cc1Cl. The number of halogens is 2. The molecule has 0 radical (unpaired) electrons. The van der Waals surface area contributed by atoms with Crippen molar-refractivity contribution in [1.29, 1.82) is 0 Å². The van der Waals surface area contributed by atoms with Crippen molar-refractivity contribution in [3.05, 3.63) is 57.5 Å². The highest BCUT2D eigenvalue weighted by molar-refractivity contribution is 9.10. The first kappa shape index (κ1) is 13.3. The Labute approximate surface area is 124 Å². The van der Waals surface area contributed by atoms with Crippen molar-refractivity contribution in [3.63, 3.8) is 0 Å². The van der Waals surface area contributed by atoms with Crippen LogP contribution in [0.4, 0.5) is 0 Å². The van der Waals surface area contributed by atoms with Gasteiger partial charge in [0, 0.05) is 11.6 Å². The maximum atomic E-state index is 6.07. The molecule has 2 rings (SSSR count). The molecule has 0 aliphatic heterocycles. The third-order valence-corrected chi connectivity index (χ3v) is 3.46. The summed E-state index contributed by atoms with van der Waals surface area (Å²) in [5.74, 6) is 1.35. The number of para-hydroxylation sites is 1. The second-order valence-electron chi connectivity index (χ2n) is 3.54. The Morgan fingerprint density at radius 1 is 1.22 bits per heavy atom. The fourth-order valence-corrected chi connectivity index (χ4v) is 2.29. The number of rotatable bonds is 3. The van der Waals surface area contributed by atoms with Crippen molar-refractivity contribution in [1.82, 2.24) is 0 Å². The molecule has 0 fully saturated rings. The molecule has 0 spiro atoms. The monoisotopic (exact) mass is 341 g/mol. The van der Waals surface area contributed by atoms with Crippen LogP contribution in [-0.4, -0.2) is 4.99 Å². The van der Waals surface area contributed by atoms with Crippen LogP contribution in [0.2, 0.25) is 5.02 Å². The summed E-state index contributed by atoms with van der Waals surface area (Å²) in [6.07, 6.45) is 0. The van der Waals surface area contributed by atoms with Crippen molar-refractivity contribution in [2.45, 2.75) is 0 Å². The Hall–Kier alpha value is -1.10. The summed E-state index contributed by atoms with van der Waals surface area (Å²) in [5, 5.41) is 0.479. The topological polar surface area (TPSA) is 35.2 Å². The van der Waals surface area contributed by atoms with Gasteiger partial charge in [-0.1, -0.05) is 36.0 Å². The van der Waals surface area contributed by atoms with E-state index in [2.05, 4.69) is 15.9 Å². The third kappa shape index (κ3) is 3.02. The molecule has 0 aliphatic carbocycles. The van der Waals surface area contributed by atoms with E-state index in [9.17, 15) is 0 Å². The molecule has 2 aromatic rings. The molecule has 5 heteroatoms. The number of hydrogen-bond acceptors (Lipinski definition) is 2. The van der Waals surface area contributed by atoms with Crippen molar-refractivity contribution >= 4 is 44.7 Å². The van der Waals surface area contributed by atoms with Crippen LogP contribution in [0.5, 0.6) is 11.5 Å². The minimum atomic E-state index is 0.271. The number of thiocarbonyl (C=S) groups is 1. The summed E-state index contributed by atoms with van der Waals surface area (Å²) in [5.41, 5.74) is 6.18. The van der Waals surface area contributed by atoms with E-state index in [0.717, 1.165) is 10.2 Å². The van der Waals surface area contributed by atoms with Crippen LogP contribution in [-0.2, 0) is 0 Å². The lowest BCUT2D eigenvalue weighted by Gasteiger charge is -2.09. The second kappa shape index (κ2) is 5.69. The van der Waals surface area contributed by atoms with Crippen LogP contribution in [0.15, 0.2) is 46.9 Å². The lowest BCUT2D eigenvalue weighted by atomic mass is 10.2. The highest BCUT2D eigenvalue weighted by atomic mass is 79.9. The third-order valence-electron chi connectivity index (χ3n) is 2.27. The maximum Gasteiger partial charge on any atom is 0.141 e. The molecule has 0 aliphatic rings. The first-order chi connectivity index (χ1) is 8.58. The van der Waals surface area contributed by atoms with Crippen molar-refractivity contribution in [2.24, 2.45) is 5.73 Å². The number of ether oxygens (including phenoxy) is 1. The zero-order valence-corrected chi connectivity index (χ0v) is 12.3. The van der Waals surface area contributed by atoms with Crippen LogP contribution in [0.1, 0.15) is 5.56 Å². The van der Waals surface area contributed by atoms with E-state index in [1.54, 1.807) is 18.2 Å². The molecular weight excluding hydrogens is 334 g/mol. The summed E-state index contributed by atoms with van der Waals surface area (Å²) >= 11 is 14.4. The Balaban J connectivity index is 2.29. The Morgan fingerprint density at radius 2 is 1.94 bits per heavy atom. The first-order valence-corrected chi connectivity index (χ1v) is 6.67. The van der Waals surface area contributed by atoms with Crippen LogP contribution in [0.3, 0.4) is 0 Å². The summed E-state index contributed by atoms with van der Waals surface area (Å²) in [6.45, 7) is 0. The van der Waals surface area contributed by atoms with Gasteiger partial charge in [-0.05, 0) is 40.2 Å². The van der Waals surface area contributed by atoms with E-state index in [0.29, 0.717) is 16.3 Å². The van der Waals surface area contributed by atoms with Crippen molar-refractivity contribution < 1.29 is 4.74 Å². The van der Waals surface area contributed by atoms with Gasteiger partial charge >= 0.3 is 0 Å². The van der Waals surface area contributed by atoms with Crippen LogP contribution >= 0.6 is 39.7 Å².